The van der Waals surface area contributed by atoms with Gasteiger partial charge in [0.25, 0.3) is 5.69 Å². The topological polar surface area (TPSA) is 139 Å². The summed E-state index contributed by atoms with van der Waals surface area (Å²) in [6.07, 6.45) is 1.08. The maximum Gasteiger partial charge on any atom is 0.343 e. The number of benzene rings is 1. The van der Waals surface area contributed by atoms with Crippen LogP contribution in [0.5, 0.6) is 5.75 Å². The van der Waals surface area contributed by atoms with E-state index in [0.29, 0.717) is 42.6 Å². The summed E-state index contributed by atoms with van der Waals surface area (Å²) in [5.74, 6) is 0.353. The van der Waals surface area contributed by atoms with Gasteiger partial charge < -0.3 is 29.5 Å². The first-order valence-electron chi connectivity index (χ1n) is 14.9. The van der Waals surface area contributed by atoms with Crippen LogP contribution in [0, 0.1) is 17.0 Å². The van der Waals surface area contributed by atoms with Crippen LogP contribution in [0.4, 0.5) is 34.5 Å². The number of nitrogens with one attached hydrogen (secondary N) is 1. The fourth-order valence-corrected chi connectivity index (χ4v) is 5.72. The van der Waals surface area contributed by atoms with E-state index in [2.05, 4.69) is 36.0 Å². The number of nitro groups is 1. The summed E-state index contributed by atoms with van der Waals surface area (Å²) >= 11 is 0. The number of pyridine rings is 1. The molecule has 5 rings (SSSR count). The number of piperazine rings is 1. The molecular formula is C31H40N8O5. The highest BCUT2D eigenvalue weighted by Crippen LogP contribution is 2.44. The van der Waals surface area contributed by atoms with Gasteiger partial charge in [0.15, 0.2) is 5.82 Å². The van der Waals surface area contributed by atoms with E-state index in [-0.39, 0.29) is 33.6 Å². The van der Waals surface area contributed by atoms with E-state index in [0.717, 1.165) is 36.7 Å². The van der Waals surface area contributed by atoms with Crippen molar-refractivity contribution in [3.63, 3.8) is 0 Å². The van der Waals surface area contributed by atoms with Gasteiger partial charge >= 0.3 is 5.97 Å². The number of likely N-dealkylation sites (N-methyl/N-ethyl adjacent to an activating group) is 1. The van der Waals surface area contributed by atoms with Crippen LogP contribution in [0.1, 0.15) is 56.4 Å². The number of fused-ring (bicyclic) bond motifs is 1. The summed E-state index contributed by atoms with van der Waals surface area (Å²) < 4.78 is 11.2. The molecule has 1 N–H and O–H groups in total. The average molecular weight is 605 g/mol. The molecule has 13 heteroatoms. The Hall–Kier alpha value is -4.52. The number of aryl methyl sites for hydroxylation is 1. The number of rotatable bonds is 9. The van der Waals surface area contributed by atoms with Gasteiger partial charge in [-0.15, -0.1) is 0 Å². The molecule has 2 aliphatic rings. The van der Waals surface area contributed by atoms with Gasteiger partial charge in [-0.25, -0.2) is 9.78 Å². The zero-order chi connectivity index (χ0) is 31.8. The maximum atomic E-state index is 13.2. The van der Waals surface area contributed by atoms with E-state index in [4.69, 9.17) is 19.4 Å². The van der Waals surface area contributed by atoms with Crippen LogP contribution in [0.15, 0.2) is 30.5 Å². The predicted octanol–water partition coefficient (Wildman–Crippen LogP) is 4.98. The normalized spacial score (nSPS) is 16.2. The third kappa shape index (κ3) is 6.09. The van der Waals surface area contributed by atoms with E-state index in [9.17, 15) is 14.9 Å². The van der Waals surface area contributed by atoms with E-state index in [1.165, 1.54) is 19.4 Å². The van der Waals surface area contributed by atoms with Crippen molar-refractivity contribution in [3.05, 3.63) is 57.5 Å². The first-order valence-corrected chi connectivity index (χ1v) is 14.9. The van der Waals surface area contributed by atoms with Crippen LogP contribution in [-0.4, -0.2) is 83.2 Å². The molecular weight excluding hydrogens is 564 g/mol. The van der Waals surface area contributed by atoms with Crippen molar-refractivity contribution >= 4 is 40.5 Å². The van der Waals surface area contributed by atoms with Crippen molar-refractivity contribution in [3.8, 4) is 5.75 Å². The Morgan fingerprint density at radius 3 is 2.50 bits per heavy atom. The van der Waals surface area contributed by atoms with Gasteiger partial charge in [-0.2, -0.15) is 4.98 Å². The van der Waals surface area contributed by atoms with Crippen LogP contribution in [-0.2, 0) is 10.2 Å². The highest BCUT2D eigenvalue weighted by Gasteiger charge is 2.40. The highest BCUT2D eigenvalue weighted by atomic mass is 16.6. The molecule has 234 valence electrons. The molecule has 0 amide bonds. The molecule has 1 aromatic carbocycles. The molecule has 2 aromatic heterocycles. The minimum Gasteiger partial charge on any atom is -0.494 e. The lowest BCUT2D eigenvalue weighted by molar-refractivity contribution is -0.384. The second-order valence-corrected chi connectivity index (χ2v) is 12.0. The number of methoxy groups -OCH3 is 1. The molecule has 0 saturated carbocycles. The fourth-order valence-electron chi connectivity index (χ4n) is 5.72. The standard InChI is InChI=1S/C31H40N8O5/c1-8-36-11-13-37(14-12-36)24-16-26(43-7)22(15-25(24)39(41)42)34-30-32-17-21(29(40)44-19(2)3)28(35-30)38-18-31(5,6)27-23(38)10-9-20(4)33-27/h9-10,15-17,19H,8,11-14,18H2,1-7H3,(H,32,34,35). The van der Waals surface area contributed by atoms with Crippen molar-refractivity contribution in [1.29, 1.82) is 0 Å². The number of aromatic nitrogens is 3. The van der Waals surface area contributed by atoms with Crippen LogP contribution < -0.4 is 19.9 Å². The number of carbonyl (C=O) groups excluding carboxylic acids is 1. The van der Waals surface area contributed by atoms with E-state index in [1.807, 2.05) is 28.9 Å². The van der Waals surface area contributed by atoms with Crippen LogP contribution in [0.3, 0.4) is 0 Å². The SMILES string of the molecule is CCN1CCN(c2cc(OC)c(Nc3ncc(C(=O)OC(C)C)c(N4CC(C)(C)c5nc(C)ccc54)n3)cc2[N+](=O)[O-])CC1. The second-order valence-electron chi connectivity index (χ2n) is 12.0. The van der Waals surface area contributed by atoms with Crippen LogP contribution in [0.25, 0.3) is 0 Å². The Bertz CT molecular complexity index is 1570. The van der Waals surface area contributed by atoms with Gasteiger partial charge in [-0.3, -0.25) is 15.1 Å². The van der Waals surface area contributed by atoms with Crippen molar-refractivity contribution in [1.82, 2.24) is 19.9 Å². The third-order valence-corrected chi connectivity index (χ3v) is 7.99. The lowest BCUT2D eigenvalue weighted by Gasteiger charge is -2.35. The molecule has 0 radical (unpaired) electrons. The fraction of sp³-hybridized carbons (Fsp3) is 0.484. The molecule has 1 saturated heterocycles. The molecule has 0 unspecified atom stereocenters. The molecule has 1 fully saturated rings. The lowest BCUT2D eigenvalue weighted by Crippen LogP contribution is -2.46. The van der Waals surface area contributed by atoms with Crippen molar-refractivity contribution in [2.24, 2.45) is 0 Å². The maximum absolute atomic E-state index is 13.2. The van der Waals surface area contributed by atoms with Gasteiger partial charge in [-0.05, 0) is 39.4 Å². The highest BCUT2D eigenvalue weighted by molar-refractivity contribution is 5.96. The Labute approximate surface area is 257 Å². The summed E-state index contributed by atoms with van der Waals surface area (Å²) in [6, 6.07) is 7.04. The number of nitro benzene ring substituents is 1. The summed E-state index contributed by atoms with van der Waals surface area (Å²) in [7, 11) is 1.51. The van der Waals surface area contributed by atoms with Gasteiger partial charge in [0.1, 0.15) is 17.0 Å². The summed E-state index contributed by atoms with van der Waals surface area (Å²) in [5, 5.41) is 15.3. The Morgan fingerprint density at radius 2 is 1.86 bits per heavy atom. The summed E-state index contributed by atoms with van der Waals surface area (Å²) in [6.45, 7) is 16.3. The second kappa shape index (κ2) is 12.2. The van der Waals surface area contributed by atoms with Crippen molar-refractivity contribution < 1.29 is 19.2 Å². The molecule has 4 heterocycles. The first kappa shape index (κ1) is 30.9. The Balaban J connectivity index is 1.55. The number of ether oxygens (including phenoxy) is 2. The van der Waals surface area contributed by atoms with Crippen LogP contribution in [0.2, 0.25) is 0 Å². The Morgan fingerprint density at radius 1 is 1.14 bits per heavy atom. The summed E-state index contributed by atoms with van der Waals surface area (Å²) in [5.41, 5.74) is 3.30. The predicted molar refractivity (Wildman–Crippen MR) is 169 cm³/mol. The molecule has 2 aliphatic heterocycles. The molecule has 3 aromatic rings. The number of anilines is 5. The third-order valence-electron chi connectivity index (χ3n) is 7.99. The number of hydrogen-bond donors (Lipinski definition) is 1. The number of hydrogen-bond acceptors (Lipinski definition) is 12. The largest absolute Gasteiger partial charge is 0.494 e. The number of nitrogens with zero attached hydrogens (tertiary/aromatic N) is 7. The number of carbonyl (C=O) groups is 1. The minimum atomic E-state index is -0.548. The van der Waals surface area contributed by atoms with Gasteiger partial charge in [-0.1, -0.05) is 20.8 Å². The smallest absolute Gasteiger partial charge is 0.343 e. The quantitative estimate of drug-likeness (QED) is 0.200. The summed E-state index contributed by atoms with van der Waals surface area (Å²) in [4.78, 5) is 45.3. The molecule has 0 aliphatic carbocycles. The van der Waals surface area contributed by atoms with E-state index < -0.39 is 5.97 Å². The zero-order valence-electron chi connectivity index (χ0n) is 26.4. The molecule has 13 nitrogen and oxygen atoms in total. The van der Waals surface area contributed by atoms with E-state index >= 15 is 0 Å². The molecule has 0 atom stereocenters. The van der Waals surface area contributed by atoms with Gasteiger partial charge in [0, 0.05) is 62.2 Å². The van der Waals surface area contributed by atoms with Gasteiger partial charge in [0.05, 0.1) is 35.2 Å². The molecule has 0 bridgehead atoms. The van der Waals surface area contributed by atoms with Crippen LogP contribution >= 0.6 is 0 Å². The number of esters is 1. The zero-order valence-corrected chi connectivity index (χ0v) is 26.4. The molecule has 0 spiro atoms. The van der Waals surface area contributed by atoms with Gasteiger partial charge in [0.2, 0.25) is 5.95 Å². The molecule has 44 heavy (non-hydrogen) atoms. The minimum absolute atomic E-state index is 0.0488. The van der Waals surface area contributed by atoms with E-state index in [1.54, 1.807) is 19.9 Å². The van der Waals surface area contributed by atoms with Crippen molar-refractivity contribution in [2.45, 2.75) is 53.1 Å². The first-order chi connectivity index (χ1) is 20.9. The van der Waals surface area contributed by atoms with Crippen molar-refractivity contribution in [2.75, 3.05) is 61.5 Å². The lowest BCUT2D eigenvalue weighted by atomic mass is 9.91. The average Bonchev–Trinajstić information content (AvgIpc) is 3.26. The Kier molecular flexibility index (Phi) is 8.60. The monoisotopic (exact) mass is 604 g/mol.